The minimum atomic E-state index is -0.692. The van der Waals surface area contributed by atoms with E-state index in [0.29, 0.717) is 22.0 Å². The Kier molecular flexibility index (Phi) is 6.93. The van der Waals surface area contributed by atoms with E-state index in [9.17, 15) is 14.4 Å². The number of carbonyl (C=O) groups excluding carboxylic acids is 3. The van der Waals surface area contributed by atoms with Gasteiger partial charge in [0.15, 0.2) is 0 Å². The Morgan fingerprint density at radius 2 is 1.62 bits per heavy atom. The molecule has 0 spiro atoms. The summed E-state index contributed by atoms with van der Waals surface area (Å²) in [6.45, 7) is 1.98. The van der Waals surface area contributed by atoms with Gasteiger partial charge in [0.2, 0.25) is 0 Å². The number of amides is 2. The van der Waals surface area contributed by atoms with E-state index in [1.807, 2.05) is 19.1 Å². The number of aryl methyl sites for hydroxylation is 1. The number of hydrogen-bond acceptors (Lipinski definition) is 5. The fourth-order valence-electron chi connectivity index (χ4n) is 3.36. The van der Waals surface area contributed by atoms with Crippen LogP contribution in [0.25, 0.3) is 0 Å². The minimum Gasteiger partial charge on any atom is -0.423 e. The van der Waals surface area contributed by atoms with Gasteiger partial charge in [0.05, 0.1) is 21.3 Å². The van der Waals surface area contributed by atoms with Crippen LogP contribution in [0.4, 0.5) is 11.4 Å². The summed E-state index contributed by atoms with van der Waals surface area (Å²) in [4.78, 5) is 39.0. The van der Waals surface area contributed by atoms with Crippen LogP contribution in [0.5, 0.6) is 5.75 Å². The van der Waals surface area contributed by atoms with Crippen molar-refractivity contribution in [3.05, 3.63) is 98.6 Å². The maximum Gasteiger partial charge on any atom is 0.343 e. The monoisotopic (exact) mass is 514 g/mol. The van der Waals surface area contributed by atoms with E-state index in [1.165, 1.54) is 18.2 Å². The quantitative estimate of drug-likeness (QED) is 0.240. The molecule has 34 heavy (non-hydrogen) atoms. The number of hydrogen-bond donors (Lipinski definition) is 1. The molecular formula is C25H17Cl3N2O4. The standard InChI is InChI=1S/C25H17Cl3N2O4/c1-2-14-5-3-4-6-20(14)34-25(33)15-7-9-16(10-8-15)29-22-21(28)23(31)30(24(22)32)17-11-12-18(26)19(27)13-17/h3-13,29H,2H2,1H3. The lowest BCUT2D eigenvalue weighted by Crippen LogP contribution is -2.32. The molecule has 1 heterocycles. The SMILES string of the molecule is CCc1ccccc1OC(=O)c1ccc(NC2=C(Cl)C(=O)N(c3ccc(Cl)c(Cl)c3)C2=O)cc1. The first-order valence-electron chi connectivity index (χ1n) is 10.2. The van der Waals surface area contributed by atoms with E-state index >= 15 is 0 Å². The van der Waals surface area contributed by atoms with Crippen molar-refractivity contribution in [2.75, 3.05) is 10.2 Å². The number of para-hydroxylation sites is 1. The third-order valence-electron chi connectivity index (χ3n) is 5.13. The number of esters is 1. The Bertz CT molecular complexity index is 1340. The van der Waals surface area contributed by atoms with Crippen LogP contribution in [0.15, 0.2) is 77.5 Å². The highest BCUT2D eigenvalue weighted by Crippen LogP contribution is 2.33. The molecule has 1 aliphatic rings. The molecule has 2 amide bonds. The van der Waals surface area contributed by atoms with Crippen LogP contribution < -0.4 is 15.0 Å². The molecule has 3 aromatic carbocycles. The fraction of sp³-hybridized carbons (Fsp3) is 0.0800. The van der Waals surface area contributed by atoms with Crippen molar-refractivity contribution in [2.24, 2.45) is 0 Å². The number of nitrogens with zero attached hydrogens (tertiary/aromatic N) is 1. The molecule has 0 radical (unpaired) electrons. The summed E-state index contributed by atoms with van der Waals surface area (Å²) < 4.78 is 5.51. The van der Waals surface area contributed by atoms with Gasteiger partial charge in [-0.1, -0.05) is 59.9 Å². The van der Waals surface area contributed by atoms with Gasteiger partial charge in [-0.05, 0) is 60.5 Å². The highest BCUT2D eigenvalue weighted by Gasteiger charge is 2.39. The topological polar surface area (TPSA) is 75.7 Å². The van der Waals surface area contributed by atoms with Crippen molar-refractivity contribution in [3.8, 4) is 5.75 Å². The molecule has 9 heteroatoms. The molecule has 0 unspecified atom stereocenters. The van der Waals surface area contributed by atoms with Gasteiger partial charge in [-0.3, -0.25) is 9.59 Å². The Labute approximate surface area is 210 Å². The van der Waals surface area contributed by atoms with Crippen LogP contribution in [0, 0.1) is 0 Å². The number of rotatable bonds is 6. The van der Waals surface area contributed by atoms with Gasteiger partial charge in [0.1, 0.15) is 16.5 Å². The first-order chi connectivity index (χ1) is 16.3. The number of benzene rings is 3. The summed E-state index contributed by atoms with van der Waals surface area (Å²) in [6, 6.07) is 18.0. The van der Waals surface area contributed by atoms with Crippen molar-refractivity contribution in [1.82, 2.24) is 0 Å². The van der Waals surface area contributed by atoms with Gasteiger partial charge in [0, 0.05) is 5.69 Å². The zero-order valence-electron chi connectivity index (χ0n) is 17.8. The average Bonchev–Trinajstić information content (AvgIpc) is 3.04. The van der Waals surface area contributed by atoms with Crippen molar-refractivity contribution in [1.29, 1.82) is 0 Å². The largest absolute Gasteiger partial charge is 0.423 e. The molecular weight excluding hydrogens is 499 g/mol. The molecule has 3 aromatic rings. The summed E-state index contributed by atoms with van der Waals surface area (Å²) in [5, 5.41) is 3.07. The van der Waals surface area contributed by atoms with E-state index in [2.05, 4.69) is 5.32 Å². The van der Waals surface area contributed by atoms with E-state index in [1.54, 1.807) is 36.4 Å². The third-order valence-corrected chi connectivity index (χ3v) is 6.22. The van der Waals surface area contributed by atoms with Gasteiger partial charge in [0.25, 0.3) is 11.8 Å². The average molecular weight is 516 g/mol. The highest BCUT2D eigenvalue weighted by atomic mass is 35.5. The van der Waals surface area contributed by atoms with E-state index in [4.69, 9.17) is 39.5 Å². The van der Waals surface area contributed by atoms with Crippen LogP contribution >= 0.6 is 34.8 Å². The molecule has 0 aromatic heterocycles. The molecule has 6 nitrogen and oxygen atoms in total. The summed E-state index contributed by atoms with van der Waals surface area (Å²) in [5.74, 6) is -1.34. The van der Waals surface area contributed by atoms with Gasteiger partial charge in [-0.15, -0.1) is 0 Å². The molecule has 4 rings (SSSR count). The van der Waals surface area contributed by atoms with E-state index < -0.39 is 17.8 Å². The second kappa shape index (κ2) is 9.89. The Hall–Kier alpha value is -3.32. The predicted molar refractivity (Wildman–Crippen MR) is 133 cm³/mol. The summed E-state index contributed by atoms with van der Waals surface area (Å²) >= 11 is 18.1. The number of anilines is 2. The molecule has 0 bridgehead atoms. The molecule has 1 aliphatic heterocycles. The van der Waals surface area contributed by atoms with Crippen LogP contribution in [-0.4, -0.2) is 17.8 Å². The molecule has 1 N–H and O–H groups in total. The zero-order chi connectivity index (χ0) is 24.4. The van der Waals surface area contributed by atoms with Gasteiger partial charge in [-0.25, -0.2) is 9.69 Å². The number of ether oxygens (including phenoxy) is 1. The first-order valence-corrected chi connectivity index (χ1v) is 11.3. The lowest BCUT2D eigenvalue weighted by molar-refractivity contribution is -0.120. The normalized spacial score (nSPS) is 13.5. The van der Waals surface area contributed by atoms with Crippen LogP contribution in [0.1, 0.15) is 22.8 Å². The lowest BCUT2D eigenvalue weighted by Gasteiger charge is -2.15. The molecule has 0 aliphatic carbocycles. The fourth-order valence-corrected chi connectivity index (χ4v) is 3.86. The Morgan fingerprint density at radius 3 is 2.29 bits per heavy atom. The van der Waals surface area contributed by atoms with E-state index in [0.717, 1.165) is 16.9 Å². The number of carbonyl (C=O) groups is 3. The van der Waals surface area contributed by atoms with Crippen LogP contribution in [0.3, 0.4) is 0 Å². The summed E-state index contributed by atoms with van der Waals surface area (Å²) in [5.41, 5.74) is 1.85. The van der Waals surface area contributed by atoms with Gasteiger partial charge < -0.3 is 10.1 Å². The predicted octanol–water partition coefficient (Wildman–Crippen LogP) is 6.21. The van der Waals surface area contributed by atoms with E-state index in [-0.39, 0.29) is 21.4 Å². The molecule has 0 saturated heterocycles. The minimum absolute atomic E-state index is 0.0926. The first kappa shape index (κ1) is 23.8. The number of imide groups is 1. The molecule has 0 atom stereocenters. The lowest BCUT2D eigenvalue weighted by atomic mass is 10.1. The zero-order valence-corrected chi connectivity index (χ0v) is 20.0. The third kappa shape index (κ3) is 4.66. The summed E-state index contributed by atoms with van der Waals surface area (Å²) in [6.07, 6.45) is 0.730. The smallest absolute Gasteiger partial charge is 0.343 e. The number of halogens is 3. The second-order valence-electron chi connectivity index (χ2n) is 7.29. The number of nitrogens with one attached hydrogen (secondary N) is 1. The Balaban J connectivity index is 1.49. The second-order valence-corrected chi connectivity index (χ2v) is 8.48. The van der Waals surface area contributed by atoms with Crippen molar-refractivity contribution >= 4 is 64.0 Å². The van der Waals surface area contributed by atoms with Crippen LogP contribution in [-0.2, 0) is 16.0 Å². The Morgan fingerprint density at radius 1 is 0.912 bits per heavy atom. The van der Waals surface area contributed by atoms with Crippen LogP contribution in [0.2, 0.25) is 10.0 Å². The van der Waals surface area contributed by atoms with Gasteiger partial charge in [-0.2, -0.15) is 0 Å². The molecule has 0 fully saturated rings. The van der Waals surface area contributed by atoms with Crippen molar-refractivity contribution in [2.45, 2.75) is 13.3 Å². The summed E-state index contributed by atoms with van der Waals surface area (Å²) in [7, 11) is 0. The maximum atomic E-state index is 12.9. The van der Waals surface area contributed by atoms with Crippen molar-refractivity contribution < 1.29 is 19.1 Å². The highest BCUT2D eigenvalue weighted by molar-refractivity contribution is 6.53. The maximum absolute atomic E-state index is 12.9. The molecule has 172 valence electrons. The van der Waals surface area contributed by atoms with Crippen molar-refractivity contribution in [3.63, 3.8) is 0 Å². The molecule has 0 saturated carbocycles. The van der Waals surface area contributed by atoms with Gasteiger partial charge >= 0.3 is 5.97 Å².